The van der Waals surface area contributed by atoms with E-state index in [0.29, 0.717) is 17.2 Å². The minimum Gasteiger partial charge on any atom is -0.493 e. The minimum atomic E-state index is -0.605. The first-order chi connectivity index (χ1) is 14.0. The number of ether oxygens (including phenoxy) is 4. The van der Waals surface area contributed by atoms with Gasteiger partial charge < -0.3 is 18.9 Å². The van der Waals surface area contributed by atoms with E-state index in [0.717, 1.165) is 10.6 Å². The van der Waals surface area contributed by atoms with Crippen LogP contribution >= 0.6 is 11.3 Å². The van der Waals surface area contributed by atoms with Crippen molar-refractivity contribution in [3.05, 3.63) is 58.6 Å². The number of ketones is 1. The first kappa shape index (κ1) is 20.3. The molecule has 29 heavy (non-hydrogen) atoms. The number of hydrogen-bond donors (Lipinski definition) is 0. The van der Waals surface area contributed by atoms with Crippen LogP contribution in [0.5, 0.6) is 17.2 Å². The number of esters is 1. The van der Waals surface area contributed by atoms with Crippen LogP contribution in [-0.2, 0) is 4.74 Å². The van der Waals surface area contributed by atoms with Crippen molar-refractivity contribution in [2.45, 2.75) is 0 Å². The van der Waals surface area contributed by atoms with Crippen LogP contribution in [0, 0.1) is 0 Å². The third-order valence-electron chi connectivity index (χ3n) is 4.28. The van der Waals surface area contributed by atoms with Gasteiger partial charge in [-0.25, -0.2) is 9.78 Å². The zero-order chi connectivity index (χ0) is 21.0. The summed E-state index contributed by atoms with van der Waals surface area (Å²) >= 11 is 1.43. The molecule has 0 radical (unpaired) electrons. The Hall–Kier alpha value is -3.39. The fourth-order valence-electron chi connectivity index (χ4n) is 2.89. The molecule has 0 fully saturated rings. The summed E-state index contributed by atoms with van der Waals surface area (Å²) in [6, 6.07) is 8.02. The number of aromatic nitrogens is 1. The van der Waals surface area contributed by atoms with Crippen molar-refractivity contribution in [1.29, 1.82) is 0 Å². The highest BCUT2D eigenvalue weighted by molar-refractivity contribution is 7.13. The lowest BCUT2D eigenvalue weighted by atomic mass is 9.95. The maximum absolute atomic E-state index is 13.4. The number of hydrogen-bond acceptors (Lipinski definition) is 8. The predicted molar refractivity (Wildman–Crippen MR) is 108 cm³/mol. The molecule has 0 aliphatic carbocycles. The van der Waals surface area contributed by atoms with Gasteiger partial charge in [0.2, 0.25) is 5.75 Å². The van der Waals surface area contributed by atoms with Crippen molar-refractivity contribution in [1.82, 2.24) is 4.98 Å². The standard InChI is InChI=1S/C21H19NO6S/c1-25-16-10-13(11-17(26-2)19(16)27-3)18(23)15-9-12(20-22-7-8-29-20)5-6-14(15)21(24)28-4/h5-11H,1-4H3. The predicted octanol–water partition coefficient (Wildman–Crippen LogP) is 3.85. The van der Waals surface area contributed by atoms with Gasteiger partial charge in [-0.2, -0.15) is 0 Å². The minimum absolute atomic E-state index is 0.159. The molecule has 1 aromatic heterocycles. The van der Waals surface area contributed by atoms with Crippen LogP contribution in [0.2, 0.25) is 0 Å². The smallest absolute Gasteiger partial charge is 0.338 e. The van der Waals surface area contributed by atoms with Gasteiger partial charge in [-0.05, 0) is 24.3 Å². The van der Waals surface area contributed by atoms with Crippen LogP contribution in [0.3, 0.4) is 0 Å². The second-order valence-electron chi connectivity index (χ2n) is 5.83. The fourth-order valence-corrected chi connectivity index (χ4v) is 3.52. The number of nitrogens with zero attached hydrogens (tertiary/aromatic N) is 1. The zero-order valence-electron chi connectivity index (χ0n) is 16.3. The number of benzene rings is 2. The van der Waals surface area contributed by atoms with Gasteiger partial charge in [-0.1, -0.05) is 6.07 Å². The van der Waals surface area contributed by atoms with Gasteiger partial charge in [0.1, 0.15) is 5.01 Å². The molecule has 0 spiro atoms. The summed E-state index contributed by atoms with van der Waals surface area (Å²) in [6.07, 6.45) is 1.68. The summed E-state index contributed by atoms with van der Waals surface area (Å²) < 4.78 is 20.8. The van der Waals surface area contributed by atoms with Crippen LogP contribution in [0.1, 0.15) is 26.3 Å². The van der Waals surface area contributed by atoms with Crippen LogP contribution < -0.4 is 14.2 Å². The molecule has 8 heteroatoms. The second kappa shape index (κ2) is 8.74. The average molecular weight is 413 g/mol. The quantitative estimate of drug-likeness (QED) is 0.430. The maximum Gasteiger partial charge on any atom is 0.338 e. The van der Waals surface area contributed by atoms with E-state index in [2.05, 4.69) is 4.98 Å². The first-order valence-corrected chi connectivity index (χ1v) is 9.39. The summed E-state index contributed by atoms with van der Waals surface area (Å²) in [5.74, 6) is 0.0580. The largest absolute Gasteiger partial charge is 0.493 e. The number of carbonyl (C=O) groups excluding carboxylic acids is 2. The highest BCUT2D eigenvalue weighted by Gasteiger charge is 2.23. The molecular weight excluding hydrogens is 394 g/mol. The Labute approximate surface area is 171 Å². The van der Waals surface area contributed by atoms with Crippen LogP contribution in [0.25, 0.3) is 10.6 Å². The molecule has 0 bridgehead atoms. The van der Waals surface area contributed by atoms with Crippen LogP contribution in [0.15, 0.2) is 41.9 Å². The molecule has 0 atom stereocenters. The van der Waals surface area contributed by atoms with E-state index >= 15 is 0 Å². The van der Waals surface area contributed by atoms with Crippen molar-refractivity contribution in [2.75, 3.05) is 28.4 Å². The molecule has 0 saturated carbocycles. The second-order valence-corrected chi connectivity index (χ2v) is 6.73. The normalized spacial score (nSPS) is 10.3. The van der Waals surface area contributed by atoms with E-state index in [9.17, 15) is 9.59 Å². The maximum atomic E-state index is 13.4. The highest BCUT2D eigenvalue weighted by Crippen LogP contribution is 2.39. The zero-order valence-corrected chi connectivity index (χ0v) is 17.2. The van der Waals surface area contributed by atoms with Crippen molar-refractivity contribution < 1.29 is 28.5 Å². The number of thiazole rings is 1. The molecule has 3 rings (SSSR count). The molecule has 0 saturated heterocycles. The Morgan fingerprint density at radius 2 is 1.59 bits per heavy atom. The molecule has 0 N–H and O–H groups in total. The summed E-state index contributed by atoms with van der Waals surface area (Å²) in [7, 11) is 5.68. The Balaban J connectivity index is 2.17. The van der Waals surface area contributed by atoms with E-state index in [-0.39, 0.29) is 22.5 Å². The van der Waals surface area contributed by atoms with Crippen LogP contribution in [0.4, 0.5) is 0 Å². The third-order valence-corrected chi connectivity index (χ3v) is 5.10. The molecular formula is C21H19NO6S. The van der Waals surface area contributed by atoms with Gasteiger partial charge in [0.15, 0.2) is 17.3 Å². The van der Waals surface area contributed by atoms with Crippen LogP contribution in [-0.4, -0.2) is 45.2 Å². The Morgan fingerprint density at radius 3 is 2.10 bits per heavy atom. The highest BCUT2D eigenvalue weighted by atomic mass is 32.1. The molecule has 3 aromatic rings. The molecule has 150 valence electrons. The SMILES string of the molecule is COC(=O)c1ccc(-c2nccs2)cc1C(=O)c1cc(OC)c(OC)c(OC)c1. The summed E-state index contributed by atoms with van der Waals surface area (Å²) in [5.41, 5.74) is 1.36. The Morgan fingerprint density at radius 1 is 0.897 bits per heavy atom. The number of carbonyl (C=O) groups is 2. The van der Waals surface area contributed by atoms with Crippen molar-refractivity contribution in [3.63, 3.8) is 0 Å². The first-order valence-electron chi connectivity index (χ1n) is 8.51. The van der Waals surface area contributed by atoms with E-state index in [1.54, 1.807) is 36.5 Å². The molecule has 2 aromatic carbocycles. The molecule has 0 aliphatic heterocycles. The van der Waals surface area contributed by atoms with Gasteiger partial charge >= 0.3 is 5.97 Å². The molecule has 0 aliphatic rings. The summed E-state index contributed by atoms with van der Waals surface area (Å²) in [5, 5.41) is 2.57. The monoisotopic (exact) mass is 413 g/mol. The molecule has 0 amide bonds. The van der Waals surface area contributed by atoms with Gasteiger partial charge in [0.25, 0.3) is 0 Å². The van der Waals surface area contributed by atoms with Gasteiger partial charge in [-0.15, -0.1) is 11.3 Å². The average Bonchev–Trinajstić information content (AvgIpc) is 3.31. The van der Waals surface area contributed by atoms with Crippen molar-refractivity contribution in [3.8, 4) is 27.8 Å². The number of rotatable bonds is 7. The van der Waals surface area contributed by atoms with Crippen molar-refractivity contribution in [2.24, 2.45) is 0 Å². The van der Waals surface area contributed by atoms with Crippen molar-refractivity contribution >= 4 is 23.1 Å². The molecule has 7 nitrogen and oxygen atoms in total. The number of methoxy groups -OCH3 is 4. The fraction of sp³-hybridized carbons (Fsp3) is 0.190. The Bertz CT molecular complexity index is 1020. The molecule has 1 heterocycles. The lowest BCUT2D eigenvalue weighted by molar-refractivity contribution is 0.0597. The van der Waals surface area contributed by atoms with Gasteiger partial charge in [-0.3, -0.25) is 4.79 Å². The third kappa shape index (κ3) is 3.93. The van der Waals surface area contributed by atoms with Gasteiger partial charge in [0.05, 0.1) is 34.0 Å². The lowest BCUT2D eigenvalue weighted by Crippen LogP contribution is -2.12. The van der Waals surface area contributed by atoms with E-state index in [1.165, 1.54) is 39.8 Å². The van der Waals surface area contributed by atoms with Gasteiger partial charge in [0, 0.05) is 28.3 Å². The topological polar surface area (TPSA) is 84.0 Å². The van der Waals surface area contributed by atoms with E-state index < -0.39 is 5.97 Å². The van der Waals surface area contributed by atoms with E-state index in [4.69, 9.17) is 18.9 Å². The molecule has 0 unspecified atom stereocenters. The van der Waals surface area contributed by atoms with E-state index in [1.807, 2.05) is 5.38 Å². The summed E-state index contributed by atoms with van der Waals surface area (Å²) in [6.45, 7) is 0. The summed E-state index contributed by atoms with van der Waals surface area (Å²) in [4.78, 5) is 29.9. The lowest BCUT2D eigenvalue weighted by Gasteiger charge is -2.15. The Kier molecular flexibility index (Phi) is 6.13.